The Kier molecular flexibility index (Phi) is 6.18. The molecular weight excluding hydrogens is 276 g/mol. The van der Waals surface area contributed by atoms with Crippen molar-refractivity contribution in [3.63, 3.8) is 0 Å². The van der Waals surface area contributed by atoms with Crippen molar-refractivity contribution in [3.8, 4) is 0 Å². The van der Waals surface area contributed by atoms with E-state index in [1.54, 1.807) is 14.2 Å². The molecule has 0 unspecified atom stereocenters. The van der Waals surface area contributed by atoms with Crippen LogP contribution in [0.5, 0.6) is 0 Å². The Morgan fingerprint density at radius 3 is 1.36 bits per heavy atom. The van der Waals surface area contributed by atoms with Crippen molar-refractivity contribution in [2.45, 2.75) is 12.8 Å². The van der Waals surface area contributed by atoms with E-state index in [0.29, 0.717) is 0 Å². The highest BCUT2D eigenvalue weighted by molar-refractivity contribution is 6.06. The van der Waals surface area contributed by atoms with E-state index in [9.17, 15) is 0 Å². The van der Waals surface area contributed by atoms with Crippen LogP contribution in [0, 0.1) is 0 Å². The largest absolute Gasteiger partial charge is 0.399 e. The number of hydrogen-bond donors (Lipinski definition) is 0. The van der Waals surface area contributed by atoms with E-state index in [2.05, 4.69) is 10.3 Å². The van der Waals surface area contributed by atoms with Gasteiger partial charge in [-0.05, 0) is 24.0 Å². The Bertz CT molecular complexity index is 565. The van der Waals surface area contributed by atoms with Gasteiger partial charge in [-0.15, -0.1) is 0 Å². The molecule has 0 spiro atoms. The highest BCUT2D eigenvalue weighted by Gasteiger charge is 2.09. The van der Waals surface area contributed by atoms with Crippen LogP contribution in [0.1, 0.15) is 24.0 Å². The minimum atomic E-state index is 0.717. The quantitative estimate of drug-likeness (QED) is 0.575. The molecule has 0 amide bonds. The summed E-state index contributed by atoms with van der Waals surface area (Å²) >= 11 is 0. The van der Waals surface area contributed by atoms with Crippen LogP contribution in [-0.4, -0.2) is 25.6 Å². The molecule has 114 valence electrons. The summed E-state index contributed by atoms with van der Waals surface area (Å²) in [5.41, 5.74) is 3.88. The van der Waals surface area contributed by atoms with Crippen molar-refractivity contribution < 1.29 is 9.68 Å². The molecule has 0 bridgehead atoms. The molecule has 0 fully saturated rings. The summed E-state index contributed by atoms with van der Waals surface area (Å²) < 4.78 is 0. The SMILES string of the molecule is CO/N=C(/CC/C(=N/OC)c1ccccc1)c1ccccc1. The fraction of sp³-hybridized carbons (Fsp3) is 0.222. The van der Waals surface area contributed by atoms with Crippen molar-refractivity contribution >= 4 is 11.4 Å². The van der Waals surface area contributed by atoms with Gasteiger partial charge >= 0.3 is 0 Å². The first kappa shape index (κ1) is 15.8. The van der Waals surface area contributed by atoms with Crippen molar-refractivity contribution in [2.75, 3.05) is 14.2 Å². The molecule has 4 heteroatoms. The van der Waals surface area contributed by atoms with Crippen LogP contribution in [0.25, 0.3) is 0 Å². The fourth-order valence-electron chi connectivity index (χ4n) is 2.20. The summed E-state index contributed by atoms with van der Waals surface area (Å²) in [6.45, 7) is 0. The molecule has 0 aliphatic heterocycles. The average molecular weight is 296 g/mol. The maximum atomic E-state index is 4.97. The summed E-state index contributed by atoms with van der Waals surface area (Å²) in [5, 5.41) is 8.28. The van der Waals surface area contributed by atoms with E-state index in [0.717, 1.165) is 35.4 Å². The molecule has 0 heterocycles. The molecule has 0 saturated heterocycles. The highest BCUT2D eigenvalue weighted by atomic mass is 16.6. The molecule has 2 aromatic carbocycles. The van der Waals surface area contributed by atoms with Crippen molar-refractivity contribution in [3.05, 3.63) is 71.8 Å². The summed E-state index contributed by atoms with van der Waals surface area (Å²) in [6.07, 6.45) is 1.43. The number of oxime groups is 2. The number of hydrogen-bond acceptors (Lipinski definition) is 4. The monoisotopic (exact) mass is 296 g/mol. The van der Waals surface area contributed by atoms with Gasteiger partial charge in [0.25, 0.3) is 0 Å². The summed E-state index contributed by atoms with van der Waals surface area (Å²) in [7, 11) is 3.12. The first-order valence-corrected chi connectivity index (χ1v) is 7.16. The van der Waals surface area contributed by atoms with Gasteiger partial charge in [-0.3, -0.25) is 0 Å². The molecule has 0 aromatic heterocycles. The molecule has 4 nitrogen and oxygen atoms in total. The van der Waals surface area contributed by atoms with Gasteiger partial charge < -0.3 is 9.68 Å². The topological polar surface area (TPSA) is 43.2 Å². The van der Waals surface area contributed by atoms with Crippen LogP contribution in [-0.2, 0) is 9.68 Å². The van der Waals surface area contributed by atoms with Gasteiger partial charge in [-0.25, -0.2) is 0 Å². The number of nitrogens with zero attached hydrogens (tertiary/aromatic N) is 2. The van der Waals surface area contributed by atoms with E-state index in [1.165, 1.54) is 0 Å². The molecular formula is C18H20N2O2. The summed E-state index contributed by atoms with van der Waals surface area (Å²) in [6, 6.07) is 20.0. The standard InChI is InChI=1S/C18H20N2O2/c1-21-19-17(15-9-5-3-6-10-15)13-14-18(20-22-2)16-11-7-4-8-12-16/h3-12H,13-14H2,1-2H3/b19-17-,20-18-. The Morgan fingerprint density at radius 1 is 0.682 bits per heavy atom. The van der Waals surface area contributed by atoms with Gasteiger partial charge in [0.05, 0.1) is 11.4 Å². The Morgan fingerprint density at radius 2 is 1.05 bits per heavy atom. The van der Waals surface area contributed by atoms with Gasteiger partial charge in [-0.1, -0.05) is 71.0 Å². The van der Waals surface area contributed by atoms with Crippen LogP contribution in [0.2, 0.25) is 0 Å². The molecule has 0 saturated carbocycles. The third-order valence-electron chi connectivity index (χ3n) is 3.22. The van der Waals surface area contributed by atoms with Gasteiger partial charge in [0.15, 0.2) is 0 Å². The van der Waals surface area contributed by atoms with E-state index in [1.807, 2.05) is 60.7 Å². The smallest absolute Gasteiger partial charge is 0.106 e. The van der Waals surface area contributed by atoms with Crippen LogP contribution in [0.3, 0.4) is 0 Å². The van der Waals surface area contributed by atoms with Crippen molar-refractivity contribution in [1.29, 1.82) is 0 Å². The minimum absolute atomic E-state index is 0.717. The maximum Gasteiger partial charge on any atom is 0.106 e. The third-order valence-corrected chi connectivity index (χ3v) is 3.22. The number of benzene rings is 2. The Labute approximate surface area is 131 Å². The van der Waals surface area contributed by atoms with Crippen LogP contribution < -0.4 is 0 Å². The first-order valence-electron chi connectivity index (χ1n) is 7.16. The van der Waals surface area contributed by atoms with Gasteiger partial charge in [0.1, 0.15) is 14.2 Å². The summed E-state index contributed by atoms with van der Waals surface area (Å²) in [4.78, 5) is 9.95. The Hall–Kier alpha value is -2.62. The zero-order valence-corrected chi connectivity index (χ0v) is 12.9. The normalized spacial score (nSPS) is 12.1. The van der Waals surface area contributed by atoms with Crippen LogP contribution in [0.15, 0.2) is 71.0 Å². The second-order valence-corrected chi connectivity index (χ2v) is 4.67. The van der Waals surface area contributed by atoms with E-state index >= 15 is 0 Å². The van der Waals surface area contributed by atoms with Crippen LogP contribution in [0.4, 0.5) is 0 Å². The molecule has 0 aliphatic rings. The van der Waals surface area contributed by atoms with Gasteiger partial charge in [0.2, 0.25) is 0 Å². The molecule has 0 radical (unpaired) electrons. The third kappa shape index (κ3) is 4.45. The van der Waals surface area contributed by atoms with Crippen LogP contribution >= 0.6 is 0 Å². The molecule has 0 N–H and O–H groups in total. The lowest BCUT2D eigenvalue weighted by atomic mass is 10.0. The molecule has 22 heavy (non-hydrogen) atoms. The zero-order valence-electron chi connectivity index (χ0n) is 12.9. The van der Waals surface area contributed by atoms with Gasteiger partial charge in [-0.2, -0.15) is 0 Å². The van der Waals surface area contributed by atoms with E-state index in [-0.39, 0.29) is 0 Å². The Balaban J connectivity index is 2.14. The van der Waals surface area contributed by atoms with E-state index < -0.39 is 0 Å². The van der Waals surface area contributed by atoms with Gasteiger partial charge in [0, 0.05) is 0 Å². The van der Waals surface area contributed by atoms with Crippen molar-refractivity contribution in [2.24, 2.45) is 10.3 Å². The predicted octanol–water partition coefficient (Wildman–Crippen LogP) is 3.87. The minimum Gasteiger partial charge on any atom is -0.399 e. The molecule has 0 aliphatic carbocycles. The molecule has 0 atom stereocenters. The molecule has 2 aromatic rings. The second kappa shape index (κ2) is 8.62. The first-order chi connectivity index (χ1) is 10.8. The second-order valence-electron chi connectivity index (χ2n) is 4.67. The lowest BCUT2D eigenvalue weighted by Crippen LogP contribution is -2.08. The number of rotatable bonds is 7. The maximum absolute atomic E-state index is 4.97. The lowest BCUT2D eigenvalue weighted by Gasteiger charge is -2.08. The zero-order chi connectivity index (χ0) is 15.6. The van der Waals surface area contributed by atoms with E-state index in [4.69, 9.17) is 9.68 Å². The average Bonchev–Trinajstić information content (AvgIpc) is 2.59. The lowest BCUT2D eigenvalue weighted by molar-refractivity contribution is 0.211. The predicted molar refractivity (Wildman–Crippen MR) is 89.2 cm³/mol. The molecule has 2 rings (SSSR count). The highest BCUT2D eigenvalue weighted by Crippen LogP contribution is 2.12. The van der Waals surface area contributed by atoms with Crippen molar-refractivity contribution in [1.82, 2.24) is 0 Å². The fourth-order valence-corrected chi connectivity index (χ4v) is 2.20. The summed E-state index contributed by atoms with van der Waals surface area (Å²) in [5.74, 6) is 0.